The second-order valence-corrected chi connectivity index (χ2v) is 19.3. The minimum absolute atomic E-state index is 0.0102. The Morgan fingerprint density at radius 3 is 2.07 bits per heavy atom. The lowest BCUT2D eigenvalue weighted by Crippen LogP contribution is -2.57. The fourth-order valence-electron chi connectivity index (χ4n) is 6.95. The summed E-state index contributed by atoms with van der Waals surface area (Å²) >= 11 is 0. The molecular weight excluding hydrogens is 941 g/mol. The molecule has 384 valence electrons. The summed E-state index contributed by atoms with van der Waals surface area (Å²) in [6.07, 6.45) is -0.0733. The lowest BCUT2D eigenvalue weighted by atomic mass is 10.0. The predicted molar refractivity (Wildman–Crippen MR) is 260 cm³/mol. The number of carbonyl (C=O) groups is 8. The van der Waals surface area contributed by atoms with E-state index in [1.807, 2.05) is 6.07 Å². The fourth-order valence-corrected chi connectivity index (χ4v) is 7.90. The molecule has 4 rings (SSSR count). The summed E-state index contributed by atoms with van der Waals surface area (Å²) in [5.41, 5.74) is 7.37. The second kappa shape index (κ2) is 27.0. The molecule has 1 aliphatic rings. The van der Waals surface area contributed by atoms with Gasteiger partial charge in [-0.3, -0.25) is 38.6 Å². The van der Waals surface area contributed by atoms with Gasteiger partial charge in [0, 0.05) is 19.5 Å². The topological polar surface area (TPSA) is 315 Å². The summed E-state index contributed by atoms with van der Waals surface area (Å²) in [6, 6.07) is 19.0. The number of amides is 7. The Bertz CT molecular complexity index is 2470. The van der Waals surface area contributed by atoms with Gasteiger partial charge in [0.25, 0.3) is 10.0 Å². The number of sulfonamides is 1. The molecule has 0 aliphatic carbocycles. The number of aryl methyl sites for hydroxylation is 1. The van der Waals surface area contributed by atoms with Crippen molar-refractivity contribution >= 4 is 63.5 Å². The summed E-state index contributed by atoms with van der Waals surface area (Å²) < 4.78 is 38.2. The van der Waals surface area contributed by atoms with E-state index in [2.05, 4.69) is 41.6 Å². The number of hydrogen-bond donors (Lipinski definition) is 8. The van der Waals surface area contributed by atoms with Gasteiger partial charge in [0.05, 0.1) is 11.4 Å². The average molecular weight is 1010 g/mol. The highest BCUT2D eigenvalue weighted by atomic mass is 32.2. The van der Waals surface area contributed by atoms with E-state index in [1.165, 1.54) is 24.0 Å². The Kier molecular flexibility index (Phi) is 21.3. The standard InChI is InChI=1S/C48H64N10O12S/c1-31-20-22-35(23-21-31)71(67,68)57-46(49)50-24-12-18-36(55-39(59)27-51-45(65)38-19-13-25-58(38)40(60)28-53-47(66)70-48(3,4)5)44(64)54-32(2)42(62)56-37(26-33-14-8-6-9-15-33)43(63)52-29-41(61)69-30-34-16-10-7-11-17-34/h6-11,14-17,20-23,32,36-38H,12-13,18-19,24-30H2,1-5H3,(H,51,65)(H,52,63)(H,53,66)(H,54,64)(H,55,59)(H,56,62)(H3,49,50,57)/t32-,36-,37-,38-/m0/s1. The maximum Gasteiger partial charge on any atom is 0.408 e. The zero-order valence-electron chi connectivity index (χ0n) is 40.4. The van der Waals surface area contributed by atoms with Crippen LogP contribution in [0, 0.1) is 6.92 Å². The van der Waals surface area contributed by atoms with Crippen LogP contribution in [0.25, 0.3) is 0 Å². The van der Waals surface area contributed by atoms with E-state index >= 15 is 0 Å². The van der Waals surface area contributed by atoms with E-state index in [9.17, 15) is 46.8 Å². The molecule has 0 bridgehead atoms. The van der Waals surface area contributed by atoms with E-state index in [-0.39, 0.29) is 50.3 Å². The third kappa shape index (κ3) is 19.8. The smallest absolute Gasteiger partial charge is 0.408 e. The Balaban J connectivity index is 1.40. The molecule has 0 radical (unpaired) electrons. The number of carbonyl (C=O) groups excluding carboxylic acids is 8. The molecule has 0 saturated carbocycles. The molecule has 1 saturated heterocycles. The van der Waals surface area contributed by atoms with Crippen molar-refractivity contribution in [1.82, 2.24) is 41.5 Å². The summed E-state index contributed by atoms with van der Waals surface area (Å²) in [6.45, 7) is 6.74. The Hall–Kier alpha value is -7.56. The number of likely N-dealkylation sites (tertiary alicyclic amines) is 1. The summed E-state index contributed by atoms with van der Waals surface area (Å²) in [5.74, 6) is -5.45. The van der Waals surface area contributed by atoms with Gasteiger partial charge in [-0.05, 0) is 83.6 Å². The van der Waals surface area contributed by atoms with Crippen LogP contribution in [-0.4, -0.2) is 129 Å². The third-order valence-corrected chi connectivity index (χ3v) is 11.9. The van der Waals surface area contributed by atoms with E-state index < -0.39 is 113 Å². The van der Waals surface area contributed by atoms with Crippen LogP contribution < -0.4 is 42.4 Å². The normalized spacial score (nSPS) is 14.9. The quantitative estimate of drug-likeness (QED) is 0.0279. The lowest BCUT2D eigenvalue weighted by molar-refractivity contribution is -0.145. The van der Waals surface area contributed by atoms with Crippen LogP contribution in [-0.2, 0) is 66.1 Å². The minimum Gasteiger partial charge on any atom is -0.460 e. The molecule has 22 nitrogen and oxygen atoms in total. The SMILES string of the molecule is Cc1ccc(S(=O)(=O)NC(N)=NCCC[C@H](NC(=O)CNC(=O)[C@@H]2CCCN2C(=O)CNC(=O)OC(C)(C)C)C(=O)N[C@@H](C)C(=O)N[C@@H](Cc2ccccc2)C(=O)NCC(=O)OCc2ccccc2)cc1. The molecule has 0 unspecified atom stereocenters. The Morgan fingerprint density at radius 2 is 1.42 bits per heavy atom. The highest BCUT2D eigenvalue weighted by Gasteiger charge is 2.35. The van der Waals surface area contributed by atoms with Gasteiger partial charge in [-0.15, -0.1) is 0 Å². The minimum atomic E-state index is -4.06. The number of aliphatic imine (C=N–C) groups is 1. The maximum atomic E-state index is 13.8. The first kappa shape index (κ1) is 56.0. The van der Waals surface area contributed by atoms with Gasteiger partial charge < -0.3 is 52.0 Å². The van der Waals surface area contributed by atoms with Gasteiger partial charge in [-0.25, -0.2) is 17.9 Å². The van der Waals surface area contributed by atoms with Gasteiger partial charge >= 0.3 is 12.1 Å². The summed E-state index contributed by atoms with van der Waals surface area (Å²) in [5, 5.41) is 15.1. The number of guanidine groups is 1. The summed E-state index contributed by atoms with van der Waals surface area (Å²) in [7, 11) is -4.06. The van der Waals surface area contributed by atoms with Crippen LogP contribution in [0.2, 0.25) is 0 Å². The van der Waals surface area contributed by atoms with Crippen molar-refractivity contribution in [2.24, 2.45) is 10.7 Å². The number of benzene rings is 3. The molecule has 1 heterocycles. The summed E-state index contributed by atoms with van der Waals surface area (Å²) in [4.78, 5) is 110. The number of nitrogens with two attached hydrogens (primary N) is 1. The van der Waals surface area contributed by atoms with Gasteiger partial charge in [0.2, 0.25) is 41.4 Å². The second-order valence-electron chi connectivity index (χ2n) is 17.6. The van der Waals surface area contributed by atoms with E-state index in [1.54, 1.807) is 94.4 Å². The molecule has 1 fully saturated rings. The monoisotopic (exact) mass is 1000 g/mol. The number of hydrogen-bond acceptors (Lipinski definition) is 13. The molecule has 23 heteroatoms. The van der Waals surface area contributed by atoms with Crippen molar-refractivity contribution in [3.63, 3.8) is 0 Å². The zero-order chi connectivity index (χ0) is 52.1. The first-order valence-electron chi connectivity index (χ1n) is 22.9. The predicted octanol–water partition coefficient (Wildman–Crippen LogP) is 0.577. The number of nitrogens with one attached hydrogen (secondary N) is 7. The van der Waals surface area contributed by atoms with Gasteiger partial charge in [0.15, 0.2) is 0 Å². The van der Waals surface area contributed by atoms with Crippen LogP contribution in [0.1, 0.15) is 70.1 Å². The molecule has 9 N–H and O–H groups in total. The van der Waals surface area contributed by atoms with Crippen molar-refractivity contribution < 1.29 is 56.2 Å². The van der Waals surface area contributed by atoms with E-state index in [4.69, 9.17) is 15.2 Å². The van der Waals surface area contributed by atoms with Gasteiger partial charge in [0.1, 0.15) is 49.5 Å². The van der Waals surface area contributed by atoms with Crippen LogP contribution in [0.5, 0.6) is 0 Å². The van der Waals surface area contributed by atoms with Crippen LogP contribution in [0.3, 0.4) is 0 Å². The first-order valence-corrected chi connectivity index (χ1v) is 24.4. The number of esters is 1. The number of nitrogens with zero attached hydrogens (tertiary/aromatic N) is 2. The Labute approximate surface area is 413 Å². The molecule has 71 heavy (non-hydrogen) atoms. The Morgan fingerprint density at radius 1 is 0.775 bits per heavy atom. The van der Waals surface area contributed by atoms with E-state index in [0.29, 0.717) is 12.0 Å². The van der Waals surface area contributed by atoms with Crippen LogP contribution in [0.15, 0.2) is 94.8 Å². The van der Waals surface area contributed by atoms with Crippen molar-refractivity contribution in [2.45, 2.75) is 108 Å². The van der Waals surface area contributed by atoms with E-state index in [0.717, 1.165) is 11.1 Å². The van der Waals surface area contributed by atoms with Crippen molar-refractivity contribution in [1.29, 1.82) is 0 Å². The zero-order valence-corrected chi connectivity index (χ0v) is 41.3. The molecule has 4 atom stereocenters. The maximum absolute atomic E-state index is 13.8. The molecule has 1 aliphatic heterocycles. The van der Waals surface area contributed by atoms with Crippen molar-refractivity contribution in [3.8, 4) is 0 Å². The molecule has 3 aromatic carbocycles. The van der Waals surface area contributed by atoms with Gasteiger partial charge in [-0.1, -0.05) is 78.4 Å². The largest absolute Gasteiger partial charge is 0.460 e. The van der Waals surface area contributed by atoms with Crippen molar-refractivity contribution in [2.75, 3.05) is 32.7 Å². The fraction of sp³-hybridized carbons (Fsp3) is 0.438. The molecule has 0 spiro atoms. The molecular formula is C48H64N10O12S. The molecule has 3 aromatic rings. The third-order valence-electron chi connectivity index (χ3n) is 10.6. The van der Waals surface area contributed by atoms with Crippen molar-refractivity contribution in [3.05, 3.63) is 102 Å². The molecule has 0 aromatic heterocycles. The van der Waals surface area contributed by atoms with Crippen LogP contribution in [0.4, 0.5) is 4.79 Å². The number of alkyl carbamates (subject to hydrolysis) is 1. The lowest BCUT2D eigenvalue weighted by Gasteiger charge is -2.25. The number of ether oxygens (including phenoxy) is 2. The number of rotatable bonds is 23. The highest BCUT2D eigenvalue weighted by molar-refractivity contribution is 7.90. The van der Waals surface area contributed by atoms with Gasteiger partial charge in [-0.2, -0.15) is 0 Å². The first-order chi connectivity index (χ1) is 33.6. The average Bonchev–Trinajstić information content (AvgIpc) is 3.82. The molecule has 7 amide bonds. The van der Waals surface area contributed by atoms with Crippen LogP contribution >= 0.6 is 0 Å². The highest BCUT2D eigenvalue weighted by Crippen LogP contribution is 2.18.